The highest BCUT2D eigenvalue weighted by Gasteiger charge is 2.32. The first-order valence-corrected chi connectivity index (χ1v) is 28.7. The van der Waals surface area contributed by atoms with E-state index in [1.165, 1.54) is 60.8 Å². The summed E-state index contributed by atoms with van der Waals surface area (Å²) in [6, 6.07) is 51.7. The van der Waals surface area contributed by atoms with Gasteiger partial charge in [0.05, 0.1) is 42.7 Å². The molecule has 0 atom stereocenters. The van der Waals surface area contributed by atoms with Crippen LogP contribution in [0.4, 0.5) is 34.1 Å². The molecule has 0 radical (unpaired) electrons. The van der Waals surface area contributed by atoms with Gasteiger partial charge in [-0.3, -0.25) is 0 Å². The normalized spacial score (nSPS) is 13.3. The van der Waals surface area contributed by atoms with Crippen molar-refractivity contribution in [3.8, 4) is 5.69 Å². The van der Waals surface area contributed by atoms with Gasteiger partial charge in [-0.05, 0) is 194 Å². The average molecular weight is 1130 g/mol. The maximum atomic E-state index is 4.47. The van der Waals surface area contributed by atoms with E-state index in [0.717, 1.165) is 48.8 Å². The summed E-state index contributed by atoms with van der Waals surface area (Å²) in [7, 11) is 0. The second kappa shape index (κ2) is 19.4. The lowest BCUT2D eigenvalue weighted by Crippen LogP contribution is -2.20. The number of hydrogen-bond acceptors (Lipinski definition) is 2. The van der Waals surface area contributed by atoms with Crippen LogP contribution in [0.1, 0.15) is 184 Å². The minimum atomic E-state index is -0.208. The van der Waals surface area contributed by atoms with Crippen molar-refractivity contribution in [3.05, 3.63) is 181 Å². The predicted molar refractivity (Wildman–Crippen MR) is 336 cm³/mol. The molecule has 1 heterocycles. The monoisotopic (exact) mass is 1130 g/mol. The van der Waals surface area contributed by atoms with Gasteiger partial charge < -0.3 is 14.4 Å². The number of nitrogens with zero attached hydrogens (tertiary/aromatic N) is 3. The summed E-state index contributed by atoms with van der Waals surface area (Å²) in [6.45, 7) is 48.5. The molecule has 0 aliphatic rings. The highest BCUT2D eigenvalue weighted by atomic mass is 79.9. The van der Waals surface area contributed by atoms with Crippen LogP contribution in [0.15, 0.2) is 142 Å². The van der Waals surface area contributed by atoms with Crippen molar-refractivity contribution in [3.63, 3.8) is 0 Å². The molecule has 0 saturated carbocycles. The number of halogens is 2. The van der Waals surface area contributed by atoms with E-state index in [0.29, 0.717) is 0 Å². The third-order valence-corrected chi connectivity index (χ3v) is 16.9. The highest BCUT2D eigenvalue weighted by molar-refractivity contribution is 9.11. The van der Waals surface area contributed by atoms with Gasteiger partial charge in [-0.25, -0.2) is 0 Å². The summed E-state index contributed by atoms with van der Waals surface area (Å²) >= 11 is 8.93. The lowest BCUT2D eigenvalue weighted by molar-refractivity contribution is 0.589. The van der Waals surface area contributed by atoms with Gasteiger partial charge in [0.2, 0.25) is 0 Å². The highest BCUT2D eigenvalue weighted by Crippen LogP contribution is 2.53. The molecule has 0 spiro atoms. The van der Waals surface area contributed by atoms with E-state index in [1.54, 1.807) is 0 Å². The molecule has 0 saturated heterocycles. The van der Waals surface area contributed by atoms with Crippen LogP contribution in [-0.4, -0.2) is 4.57 Å². The molecular weight excluding hydrogens is 1040 g/mol. The fraction of sp³-hybridized carbons (Fsp3) is 0.400. The summed E-state index contributed by atoms with van der Waals surface area (Å²) in [4.78, 5) is 4.95. The molecule has 8 rings (SSSR count). The van der Waals surface area contributed by atoms with Crippen molar-refractivity contribution < 1.29 is 0 Å². The zero-order chi connectivity index (χ0) is 55.3. The van der Waals surface area contributed by atoms with Crippen molar-refractivity contribution in [1.29, 1.82) is 0 Å². The Labute approximate surface area is 469 Å². The summed E-state index contributed by atoms with van der Waals surface area (Å²) in [5, 5.41) is 2.54. The maximum Gasteiger partial charge on any atom is 0.0657 e. The van der Waals surface area contributed by atoms with E-state index in [-0.39, 0.29) is 37.9 Å². The molecule has 0 unspecified atom stereocenters. The SMILES string of the molecule is CC(C)(C)c1ccc(N(c2ccc(C(C)(C)C)cc2)c2cc(C(C)(C)C)cc(N(c3ccc(C(C)(C)C)cc3)c3cc(C(C)(C)C)cc(-n4c5ccc(C(C)(C)C)cc5c5cc(C(C)(C)C)ccc54)c3Br)c2Br)cc1. The molecule has 1 aromatic heterocycles. The predicted octanol–water partition coefficient (Wildman–Crippen LogP) is 22.3. The lowest BCUT2D eigenvalue weighted by Gasteiger charge is -2.35. The molecular formula is C70H85Br2N3. The molecule has 8 aromatic rings. The van der Waals surface area contributed by atoms with Gasteiger partial charge in [-0.2, -0.15) is 0 Å². The molecule has 7 aromatic carbocycles. The second-order valence-corrected chi connectivity index (χ2v) is 30.1. The van der Waals surface area contributed by atoms with E-state index in [4.69, 9.17) is 0 Å². The van der Waals surface area contributed by atoms with Crippen LogP contribution >= 0.6 is 31.9 Å². The fourth-order valence-corrected chi connectivity index (χ4v) is 11.3. The smallest absolute Gasteiger partial charge is 0.0657 e. The summed E-state index contributed by atoms with van der Waals surface area (Å²) < 4.78 is 4.52. The largest absolute Gasteiger partial charge is 0.309 e. The van der Waals surface area contributed by atoms with Crippen LogP contribution in [0.3, 0.4) is 0 Å². The molecule has 0 amide bonds. The zero-order valence-electron chi connectivity index (χ0n) is 49.3. The van der Waals surface area contributed by atoms with Crippen molar-refractivity contribution >= 4 is 87.8 Å². The molecule has 0 aliphatic carbocycles. The van der Waals surface area contributed by atoms with Crippen LogP contribution in [0, 0.1) is 0 Å². The van der Waals surface area contributed by atoms with Crippen LogP contribution in [-0.2, 0) is 37.9 Å². The van der Waals surface area contributed by atoms with Crippen LogP contribution in [0.2, 0.25) is 0 Å². The standard InChI is InChI=1S/C70H85Br2N3/c1-64(2,3)44-22-30-51(31-23-44)73(52-32-24-45(25-33-52)65(4,5)6)58-40-49(69(16,17)18)41-59(62(58)71)74(53-34-26-46(27-35-53)66(7,8)9)60-42-50(70(19,20)21)43-61(63(60)72)75-56-36-28-47(67(10,11)12)38-54(56)55-39-48(68(13,14)15)29-37-57(55)75/h22-43H,1-21H3. The van der Waals surface area contributed by atoms with E-state index < -0.39 is 0 Å². The maximum absolute atomic E-state index is 4.47. The quantitative estimate of drug-likeness (QED) is 0.158. The summed E-state index contributed by atoms with van der Waals surface area (Å²) in [6.07, 6.45) is 0. The molecule has 0 aliphatic heterocycles. The number of anilines is 6. The Hall–Kier alpha value is -5.10. The molecule has 3 nitrogen and oxygen atoms in total. The van der Waals surface area contributed by atoms with Crippen LogP contribution in [0.25, 0.3) is 27.5 Å². The Kier molecular flexibility index (Phi) is 14.5. The summed E-state index contributed by atoms with van der Waals surface area (Å²) in [5.74, 6) is 0. The van der Waals surface area contributed by atoms with Gasteiger partial charge in [0.15, 0.2) is 0 Å². The number of benzene rings is 7. The molecule has 394 valence electrons. The van der Waals surface area contributed by atoms with Crippen molar-refractivity contribution in [2.45, 2.75) is 183 Å². The van der Waals surface area contributed by atoms with Gasteiger partial charge in [-0.15, -0.1) is 0 Å². The van der Waals surface area contributed by atoms with E-state index >= 15 is 0 Å². The second-order valence-electron chi connectivity index (χ2n) is 28.5. The van der Waals surface area contributed by atoms with Gasteiger partial charge in [0.25, 0.3) is 0 Å². The molecule has 75 heavy (non-hydrogen) atoms. The van der Waals surface area contributed by atoms with Gasteiger partial charge in [-0.1, -0.05) is 194 Å². The Morgan fingerprint density at radius 1 is 0.280 bits per heavy atom. The molecule has 0 fully saturated rings. The van der Waals surface area contributed by atoms with E-state index in [2.05, 4.69) is 325 Å². The minimum absolute atomic E-state index is 0.0115. The Morgan fingerprint density at radius 3 is 0.867 bits per heavy atom. The van der Waals surface area contributed by atoms with Gasteiger partial charge in [0, 0.05) is 27.8 Å². The Balaban J connectivity index is 1.50. The van der Waals surface area contributed by atoms with E-state index in [1.807, 2.05) is 0 Å². The number of rotatable bonds is 7. The first kappa shape index (κ1) is 56.1. The third kappa shape index (κ3) is 11.3. The van der Waals surface area contributed by atoms with Crippen molar-refractivity contribution in [2.24, 2.45) is 0 Å². The first-order valence-electron chi connectivity index (χ1n) is 27.1. The van der Waals surface area contributed by atoms with Crippen molar-refractivity contribution in [1.82, 2.24) is 4.57 Å². The lowest BCUT2D eigenvalue weighted by atomic mass is 9.85. The number of aromatic nitrogens is 1. The fourth-order valence-electron chi connectivity index (χ4n) is 10.1. The Bertz CT molecular complexity index is 3260. The summed E-state index contributed by atoms with van der Waals surface area (Å²) in [5.41, 5.74) is 18.5. The van der Waals surface area contributed by atoms with Crippen LogP contribution < -0.4 is 9.80 Å². The van der Waals surface area contributed by atoms with Gasteiger partial charge in [0.1, 0.15) is 0 Å². The minimum Gasteiger partial charge on any atom is -0.309 e. The topological polar surface area (TPSA) is 11.4 Å². The number of fused-ring (bicyclic) bond motifs is 3. The van der Waals surface area contributed by atoms with Gasteiger partial charge >= 0.3 is 0 Å². The Morgan fingerprint density at radius 2 is 0.547 bits per heavy atom. The molecule has 0 bridgehead atoms. The zero-order valence-corrected chi connectivity index (χ0v) is 52.5. The molecule has 5 heteroatoms. The van der Waals surface area contributed by atoms with E-state index in [9.17, 15) is 0 Å². The van der Waals surface area contributed by atoms with Crippen LogP contribution in [0.5, 0.6) is 0 Å². The third-order valence-electron chi connectivity index (χ3n) is 15.2. The average Bonchev–Trinajstić information content (AvgIpc) is 3.62. The molecule has 0 N–H and O–H groups in total. The van der Waals surface area contributed by atoms with Crippen molar-refractivity contribution in [2.75, 3.05) is 9.80 Å². The number of hydrogen-bond donors (Lipinski definition) is 0. The first-order chi connectivity index (χ1) is 34.4.